The second-order valence-corrected chi connectivity index (χ2v) is 6.42. The molecule has 1 aromatic heterocycles. The van der Waals surface area contributed by atoms with Gasteiger partial charge in [0.2, 0.25) is 0 Å². The van der Waals surface area contributed by atoms with Gasteiger partial charge in [-0.25, -0.2) is 0 Å². The topological polar surface area (TPSA) is 48.7 Å². The largest absolute Gasteiger partial charge is 0.410 e. The summed E-state index contributed by atoms with van der Waals surface area (Å²) in [6.07, 6.45) is 6.26. The summed E-state index contributed by atoms with van der Waals surface area (Å²) in [5.74, 6) is 0. The summed E-state index contributed by atoms with van der Waals surface area (Å²) in [7, 11) is 0. The number of hydrogen-bond acceptors (Lipinski definition) is 4. The van der Waals surface area contributed by atoms with Crippen LogP contribution in [-0.4, -0.2) is 44.7 Å². The second kappa shape index (κ2) is 7.96. The Bertz CT molecular complexity index is 463. The molecule has 1 unspecified atom stereocenters. The standard InChI is InChI=1S/C14H19BrClN3O/c15-14(18-20)12-5-4-6-17-13(12)9-11(16)10-19-7-2-1-3-8-19/h4-6,11,20H,1-3,7-10H2. The highest BCUT2D eigenvalue weighted by Gasteiger charge is 2.17. The first-order valence-electron chi connectivity index (χ1n) is 6.89. The maximum Gasteiger partial charge on any atom is 0.154 e. The Morgan fingerprint density at radius 2 is 2.20 bits per heavy atom. The normalized spacial score (nSPS) is 19.0. The van der Waals surface area contributed by atoms with Crippen molar-refractivity contribution in [1.29, 1.82) is 0 Å². The van der Waals surface area contributed by atoms with Gasteiger partial charge in [0.25, 0.3) is 0 Å². The molecule has 4 nitrogen and oxygen atoms in total. The first-order chi connectivity index (χ1) is 9.70. The number of oxime groups is 1. The second-order valence-electron chi connectivity index (χ2n) is 5.05. The van der Waals surface area contributed by atoms with E-state index in [0.717, 1.165) is 30.9 Å². The van der Waals surface area contributed by atoms with Crippen molar-refractivity contribution in [1.82, 2.24) is 9.88 Å². The molecule has 1 aliphatic heterocycles. The first kappa shape index (κ1) is 15.7. The van der Waals surface area contributed by atoms with Crippen molar-refractivity contribution < 1.29 is 5.21 Å². The predicted octanol–water partition coefficient (Wildman–Crippen LogP) is 3.25. The molecule has 1 aromatic rings. The van der Waals surface area contributed by atoms with Crippen LogP contribution in [0.5, 0.6) is 0 Å². The smallest absolute Gasteiger partial charge is 0.154 e. The first-order valence-corrected chi connectivity index (χ1v) is 8.12. The van der Waals surface area contributed by atoms with E-state index < -0.39 is 0 Å². The molecule has 6 heteroatoms. The molecular formula is C14H19BrClN3O. The number of alkyl halides is 1. The minimum atomic E-state index is 0.0146. The molecule has 1 saturated heterocycles. The highest BCUT2D eigenvalue weighted by atomic mass is 79.9. The van der Waals surface area contributed by atoms with Crippen molar-refractivity contribution in [2.45, 2.75) is 31.1 Å². The van der Waals surface area contributed by atoms with E-state index in [1.54, 1.807) is 6.20 Å². The van der Waals surface area contributed by atoms with Gasteiger partial charge in [0.1, 0.15) is 0 Å². The summed E-state index contributed by atoms with van der Waals surface area (Å²) in [4.78, 5) is 6.77. The Morgan fingerprint density at radius 3 is 2.90 bits per heavy atom. The number of piperidine rings is 1. The molecule has 0 radical (unpaired) electrons. The van der Waals surface area contributed by atoms with Crippen molar-refractivity contribution in [2.24, 2.45) is 5.16 Å². The zero-order valence-electron chi connectivity index (χ0n) is 11.3. The van der Waals surface area contributed by atoms with Crippen molar-refractivity contribution in [3.8, 4) is 0 Å². The Balaban J connectivity index is 1.98. The molecule has 0 aliphatic carbocycles. The maximum absolute atomic E-state index is 8.88. The zero-order chi connectivity index (χ0) is 14.4. The van der Waals surface area contributed by atoms with Crippen LogP contribution in [-0.2, 0) is 6.42 Å². The van der Waals surface area contributed by atoms with Crippen LogP contribution in [0.15, 0.2) is 23.5 Å². The van der Waals surface area contributed by atoms with Crippen LogP contribution in [0.3, 0.4) is 0 Å². The number of nitrogens with zero attached hydrogens (tertiary/aromatic N) is 3. The summed E-state index contributed by atoms with van der Waals surface area (Å²) >= 11 is 9.70. The van der Waals surface area contributed by atoms with Crippen LogP contribution in [0.1, 0.15) is 30.5 Å². The lowest BCUT2D eigenvalue weighted by Gasteiger charge is -2.28. The molecule has 1 atom stereocenters. The lowest BCUT2D eigenvalue weighted by Crippen LogP contribution is -2.35. The fourth-order valence-electron chi connectivity index (χ4n) is 2.54. The number of rotatable bonds is 5. The molecule has 20 heavy (non-hydrogen) atoms. The lowest BCUT2D eigenvalue weighted by atomic mass is 10.1. The van der Waals surface area contributed by atoms with Crippen LogP contribution in [0.25, 0.3) is 0 Å². The SMILES string of the molecule is ON=C(Br)c1cccnc1CC(Cl)CN1CCCCC1. The molecule has 1 aliphatic rings. The molecule has 1 N–H and O–H groups in total. The minimum Gasteiger partial charge on any atom is -0.410 e. The summed E-state index contributed by atoms with van der Waals surface area (Å²) in [5.41, 5.74) is 1.65. The fraction of sp³-hybridized carbons (Fsp3) is 0.571. The van der Waals surface area contributed by atoms with Gasteiger partial charge in [0, 0.05) is 24.7 Å². The predicted molar refractivity (Wildman–Crippen MR) is 85.1 cm³/mol. The molecule has 0 saturated carbocycles. The van der Waals surface area contributed by atoms with E-state index in [2.05, 4.69) is 31.0 Å². The lowest BCUT2D eigenvalue weighted by molar-refractivity contribution is 0.228. The number of pyridine rings is 1. The van der Waals surface area contributed by atoms with Gasteiger partial charge in [-0.05, 0) is 54.0 Å². The Morgan fingerprint density at radius 1 is 1.45 bits per heavy atom. The Kier molecular flexibility index (Phi) is 6.26. The molecule has 2 heterocycles. The van der Waals surface area contributed by atoms with Gasteiger partial charge in [0.05, 0.1) is 11.1 Å². The van der Waals surface area contributed by atoms with Gasteiger partial charge >= 0.3 is 0 Å². The van der Waals surface area contributed by atoms with E-state index in [1.165, 1.54) is 19.3 Å². The van der Waals surface area contributed by atoms with E-state index >= 15 is 0 Å². The fourth-order valence-corrected chi connectivity index (χ4v) is 3.24. The van der Waals surface area contributed by atoms with E-state index in [4.69, 9.17) is 16.8 Å². The van der Waals surface area contributed by atoms with Gasteiger partial charge in [-0.2, -0.15) is 0 Å². The van der Waals surface area contributed by atoms with Crippen LogP contribution >= 0.6 is 27.5 Å². The van der Waals surface area contributed by atoms with Gasteiger partial charge in [-0.3, -0.25) is 4.98 Å². The van der Waals surface area contributed by atoms with Crippen molar-refractivity contribution >= 4 is 32.2 Å². The number of halogens is 2. The Hall–Kier alpha value is -0.650. The minimum absolute atomic E-state index is 0.0146. The summed E-state index contributed by atoms with van der Waals surface area (Å²) in [6.45, 7) is 3.16. The van der Waals surface area contributed by atoms with Crippen molar-refractivity contribution in [3.63, 3.8) is 0 Å². The van der Waals surface area contributed by atoms with E-state index in [0.29, 0.717) is 11.0 Å². The number of hydrogen-bond donors (Lipinski definition) is 1. The average Bonchev–Trinajstić information content (AvgIpc) is 2.48. The average molecular weight is 361 g/mol. The maximum atomic E-state index is 8.88. The van der Waals surface area contributed by atoms with E-state index in [1.807, 2.05) is 12.1 Å². The third kappa shape index (κ3) is 4.43. The number of aromatic nitrogens is 1. The van der Waals surface area contributed by atoms with E-state index in [-0.39, 0.29) is 5.38 Å². The molecule has 110 valence electrons. The molecular weight excluding hydrogens is 342 g/mol. The summed E-state index contributed by atoms with van der Waals surface area (Å²) in [6, 6.07) is 3.69. The van der Waals surface area contributed by atoms with Crippen LogP contribution in [0.4, 0.5) is 0 Å². The molecule has 0 amide bonds. The summed E-state index contributed by atoms with van der Waals surface area (Å²) < 4.78 is 0.391. The summed E-state index contributed by atoms with van der Waals surface area (Å²) in [5, 5.41) is 12.1. The van der Waals surface area contributed by atoms with Gasteiger partial charge in [-0.1, -0.05) is 11.6 Å². The van der Waals surface area contributed by atoms with Gasteiger partial charge in [-0.15, -0.1) is 11.6 Å². The molecule has 0 spiro atoms. The Labute approximate surface area is 133 Å². The zero-order valence-corrected chi connectivity index (χ0v) is 13.6. The molecule has 1 fully saturated rings. The van der Waals surface area contributed by atoms with Gasteiger partial charge < -0.3 is 10.1 Å². The number of likely N-dealkylation sites (tertiary alicyclic amines) is 1. The van der Waals surface area contributed by atoms with Crippen molar-refractivity contribution in [3.05, 3.63) is 29.6 Å². The van der Waals surface area contributed by atoms with Crippen LogP contribution < -0.4 is 0 Å². The third-order valence-electron chi connectivity index (χ3n) is 3.52. The highest BCUT2D eigenvalue weighted by molar-refractivity contribution is 9.18. The van der Waals surface area contributed by atoms with E-state index in [9.17, 15) is 0 Å². The molecule has 0 bridgehead atoms. The quantitative estimate of drug-likeness (QED) is 0.379. The van der Waals surface area contributed by atoms with Crippen LogP contribution in [0.2, 0.25) is 0 Å². The monoisotopic (exact) mass is 359 g/mol. The van der Waals surface area contributed by atoms with Crippen LogP contribution in [0, 0.1) is 0 Å². The third-order valence-corrected chi connectivity index (χ3v) is 4.40. The highest BCUT2D eigenvalue weighted by Crippen LogP contribution is 2.17. The molecule has 2 rings (SSSR count). The van der Waals surface area contributed by atoms with Gasteiger partial charge in [0.15, 0.2) is 4.62 Å². The van der Waals surface area contributed by atoms with Crippen molar-refractivity contribution in [2.75, 3.05) is 19.6 Å². The molecule has 0 aromatic carbocycles.